The molecular formula is C11H24N2O. The zero-order valence-electron chi connectivity index (χ0n) is 9.75. The molecule has 0 bridgehead atoms. The van der Waals surface area contributed by atoms with E-state index in [-0.39, 0.29) is 0 Å². The Kier molecular flexibility index (Phi) is 5.45. The number of hydrogen-bond donors (Lipinski definition) is 1. The molecule has 84 valence electrons. The average Bonchev–Trinajstić information content (AvgIpc) is 2.28. The molecule has 2 atom stereocenters. The van der Waals surface area contributed by atoms with Gasteiger partial charge < -0.3 is 15.0 Å². The van der Waals surface area contributed by atoms with E-state index in [1.807, 2.05) is 0 Å². The fourth-order valence-corrected chi connectivity index (χ4v) is 2.11. The van der Waals surface area contributed by atoms with E-state index in [0.717, 1.165) is 13.0 Å². The van der Waals surface area contributed by atoms with Crippen molar-refractivity contribution in [1.82, 2.24) is 10.2 Å². The molecule has 1 fully saturated rings. The Bertz CT molecular complexity index is 152. The summed E-state index contributed by atoms with van der Waals surface area (Å²) in [6.45, 7) is 9.00. The molecule has 0 radical (unpaired) electrons. The lowest BCUT2D eigenvalue weighted by Crippen LogP contribution is -2.38. The fourth-order valence-electron chi connectivity index (χ4n) is 2.11. The summed E-state index contributed by atoms with van der Waals surface area (Å²) in [4.78, 5) is 2.54. The van der Waals surface area contributed by atoms with Crippen LogP contribution in [-0.2, 0) is 4.74 Å². The lowest BCUT2D eigenvalue weighted by molar-refractivity contribution is 0.171. The van der Waals surface area contributed by atoms with E-state index >= 15 is 0 Å². The highest BCUT2D eigenvalue weighted by Gasteiger charge is 2.17. The first-order valence-electron chi connectivity index (χ1n) is 5.69. The molecule has 1 saturated heterocycles. The van der Waals surface area contributed by atoms with Crippen LogP contribution >= 0.6 is 0 Å². The molecule has 2 unspecified atom stereocenters. The van der Waals surface area contributed by atoms with Gasteiger partial charge in [0.15, 0.2) is 0 Å². The van der Waals surface area contributed by atoms with E-state index in [4.69, 9.17) is 4.74 Å². The van der Waals surface area contributed by atoms with Gasteiger partial charge in [-0.25, -0.2) is 0 Å². The molecule has 0 aliphatic carbocycles. The predicted octanol–water partition coefficient (Wildman–Crippen LogP) is 1.10. The summed E-state index contributed by atoms with van der Waals surface area (Å²) in [6.07, 6.45) is 2.41. The highest BCUT2D eigenvalue weighted by atomic mass is 16.5. The van der Waals surface area contributed by atoms with Gasteiger partial charge in [0.1, 0.15) is 0 Å². The molecule has 0 amide bonds. The molecule has 0 saturated carbocycles. The number of hydrogen-bond acceptors (Lipinski definition) is 3. The molecule has 0 aromatic heterocycles. The molecule has 1 heterocycles. The highest BCUT2D eigenvalue weighted by molar-refractivity contribution is 4.77. The van der Waals surface area contributed by atoms with Gasteiger partial charge in [0.2, 0.25) is 0 Å². The van der Waals surface area contributed by atoms with Gasteiger partial charge in [-0.15, -0.1) is 0 Å². The SMILES string of the molecule is COCCCN1CCC(C)NC(C)C1. The van der Waals surface area contributed by atoms with Crippen molar-refractivity contribution in [2.45, 2.75) is 38.8 Å². The monoisotopic (exact) mass is 200 g/mol. The molecular weight excluding hydrogens is 176 g/mol. The van der Waals surface area contributed by atoms with E-state index in [9.17, 15) is 0 Å². The van der Waals surface area contributed by atoms with E-state index in [2.05, 4.69) is 24.1 Å². The summed E-state index contributed by atoms with van der Waals surface area (Å²) in [5, 5.41) is 3.59. The molecule has 3 nitrogen and oxygen atoms in total. The van der Waals surface area contributed by atoms with E-state index in [1.165, 1.54) is 26.1 Å². The lowest BCUT2D eigenvalue weighted by atomic mass is 10.2. The van der Waals surface area contributed by atoms with Crippen LogP contribution in [0.15, 0.2) is 0 Å². The minimum atomic E-state index is 0.620. The van der Waals surface area contributed by atoms with Gasteiger partial charge in [0.05, 0.1) is 0 Å². The Hall–Kier alpha value is -0.120. The maximum Gasteiger partial charge on any atom is 0.0474 e. The zero-order chi connectivity index (χ0) is 10.4. The fraction of sp³-hybridized carbons (Fsp3) is 1.00. The summed E-state index contributed by atoms with van der Waals surface area (Å²) in [7, 11) is 1.77. The topological polar surface area (TPSA) is 24.5 Å². The van der Waals surface area contributed by atoms with Crippen molar-refractivity contribution in [1.29, 1.82) is 0 Å². The number of nitrogens with one attached hydrogen (secondary N) is 1. The minimum Gasteiger partial charge on any atom is -0.385 e. The third-order valence-corrected chi connectivity index (χ3v) is 2.80. The van der Waals surface area contributed by atoms with Crippen LogP contribution in [-0.4, -0.2) is 50.3 Å². The van der Waals surface area contributed by atoms with E-state index < -0.39 is 0 Å². The van der Waals surface area contributed by atoms with Crippen LogP contribution in [0.5, 0.6) is 0 Å². The Morgan fingerprint density at radius 3 is 2.86 bits per heavy atom. The first-order chi connectivity index (χ1) is 6.72. The van der Waals surface area contributed by atoms with Crippen LogP contribution in [0.25, 0.3) is 0 Å². The third kappa shape index (κ3) is 4.40. The Morgan fingerprint density at radius 2 is 2.14 bits per heavy atom. The largest absolute Gasteiger partial charge is 0.385 e. The molecule has 1 aliphatic rings. The molecule has 3 heteroatoms. The zero-order valence-corrected chi connectivity index (χ0v) is 9.75. The van der Waals surface area contributed by atoms with Gasteiger partial charge in [-0.05, 0) is 33.2 Å². The Balaban J connectivity index is 2.23. The number of ether oxygens (including phenoxy) is 1. The number of nitrogens with zero attached hydrogens (tertiary/aromatic N) is 1. The van der Waals surface area contributed by atoms with Gasteiger partial charge in [-0.3, -0.25) is 0 Å². The van der Waals surface area contributed by atoms with Crippen molar-refractivity contribution in [2.24, 2.45) is 0 Å². The maximum atomic E-state index is 5.07. The van der Waals surface area contributed by atoms with Crippen LogP contribution in [0.3, 0.4) is 0 Å². The van der Waals surface area contributed by atoms with Crippen molar-refractivity contribution in [3.63, 3.8) is 0 Å². The normalized spacial score (nSPS) is 30.2. The Labute approximate surface area is 87.8 Å². The van der Waals surface area contributed by atoms with Crippen LogP contribution in [0, 0.1) is 0 Å². The maximum absolute atomic E-state index is 5.07. The predicted molar refractivity (Wildman–Crippen MR) is 59.6 cm³/mol. The number of rotatable bonds is 4. The molecule has 1 aliphatic heterocycles. The van der Waals surface area contributed by atoms with Crippen molar-refractivity contribution in [3.8, 4) is 0 Å². The summed E-state index contributed by atoms with van der Waals surface area (Å²) in [5.41, 5.74) is 0. The van der Waals surface area contributed by atoms with Crippen molar-refractivity contribution in [3.05, 3.63) is 0 Å². The van der Waals surface area contributed by atoms with Crippen molar-refractivity contribution >= 4 is 0 Å². The lowest BCUT2D eigenvalue weighted by Gasteiger charge is -2.21. The van der Waals surface area contributed by atoms with E-state index in [1.54, 1.807) is 7.11 Å². The van der Waals surface area contributed by atoms with Crippen molar-refractivity contribution in [2.75, 3.05) is 33.4 Å². The third-order valence-electron chi connectivity index (χ3n) is 2.80. The first-order valence-corrected chi connectivity index (χ1v) is 5.69. The minimum absolute atomic E-state index is 0.620. The molecule has 0 aromatic rings. The quantitative estimate of drug-likeness (QED) is 0.688. The van der Waals surface area contributed by atoms with Gasteiger partial charge in [0.25, 0.3) is 0 Å². The second kappa shape index (κ2) is 6.38. The highest BCUT2D eigenvalue weighted by Crippen LogP contribution is 2.05. The van der Waals surface area contributed by atoms with Gasteiger partial charge in [0, 0.05) is 38.9 Å². The van der Waals surface area contributed by atoms with Crippen LogP contribution in [0.4, 0.5) is 0 Å². The second-order valence-corrected chi connectivity index (χ2v) is 4.40. The molecule has 0 aromatic carbocycles. The molecule has 1 rings (SSSR count). The molecule has 0 spiro atoms. The summed E-state index contributed by atoms with van der Waals surface area (Å²) >= 11 is 0. The first kappa shape index (κ1) is 12.0. The Morgan fingerprint density at radius 1 is 1.36 bits per heavy atom. The summed E-state index contributed by atoms with van der Waals surface area (Å²) in [6, 6.07) is 1.28. The van der Waals surface area contributed by atoms with Crippen LogP contribution < -0.4 is 5.32 Å². The van der Waals surface area contributed by atoms with Gasteiger partial charge in [-0.1, -0.05) is 0 Å². The van der Waals surface area contributed by atoms with E-state index in [0.29, 0.717) is 12.1 Å². The van der Waals surface area contributed by atoms with Gasteiger partial charge in [-0.2, -0.15) is 0 Å². The smallest absolute Gasteiger partial charge is 0.0474 e. The molecule has 1 N–H and O–H groups in total. The van der Waals surface area contributed by atoms with Crippen molar-refractivity contribution < 1.29 is 4.74 Å². The molecule has 14 heavy (non-hydrogen) atoms. The second-order valence-electron chi connectivity index (χ2n) is 4.40. The average molecular weight is 200 g/mol. The van der Waals surface area contributed by atoms with Gasteiger partial charge >= 0.3 is 0 Å². The summed E-state index contributed by atoms with van der Waals surface area (Å²) < 4.78 is 5.07. The van der Waals surface area contributed by atoms with Crippen LogP contribution in [0.1, 0.15) is 26.7 Å². The standard InChI is InChI=1S/C11H24N2O/c1-10-5-7-13(6-4-8-14-3)9-11(2)12-10/h10-12H,4-9H2,1-3H3. The van der Waals surface area contributed by atoms with Crippen LogP contribution in [0.2, 0.25) is 0 Å². The summed E-state index contributed by atoms with van der Waals surface area (Å²) in [5.74, 6) is 0. The number of methoxy groups -OCH3 is 1.